The van der Waals surface area contributed by atoms with Gasteiger partial charge in [0.2, 0.25) is 0 Å². The second kappa shape index (κ2) is 9.28. The Labute approximate surface area is 202 Å². The quantitative estimate of drug-likeness (QED) is 0.380. The molecule has 35 heavy (non-hydrogen) atoms. The normalized spacial score (nSPS) is 18.9. The van der Waals surface area contributed by atoms with Gasteiger partial charge < -0.3 is 14.7 Å². The molecule has 0 saturated heterocycles. The lowest BCUT2D eigenvalue weighted by Gasteiger charge is -2.33. The van der Waals surface area contributed by atoms with Crippen molar-refractivity contribution in [3.05, 3.63) is 94.5 Å². The van der Waals surface area contributed by atoms with Crippen LogP contribution in [0.5, 0.6) is 5.75 Å². The van der Waals surface area contributed by atoms with Crippen LogP contribution in [0.25, 0.3) is 0 Å². The van der Waals surface area contributed by atoms with E-state index >= 15 is 0 Å². The van der Waals surface area contributed by atoms with Crippen LogP contribution in [-0.2, 0) is 11.8 Å². The minimum Gasteiger partial charge on any atom is -0.406 e. The number of β-amino-alcohol motifs (C(OH)–C–C–N with tert-alkyl or cyclic N) is 1. The van der Waals surface area contributed by atoms with Gasteiger partial charge in [-0.05, 0) is 53.4 Å². The molecule has 3 aromatic rings. The maximum atomic E-state index is 13.2. The van der Waals surface area contributed by atoms with Crippen molar-refractivity contribution in [3.8, 4) is 5.75 Å². The lowest BCUT2D eigenvalue weighted by Crippen LogP contribution is -2.43. The van der Waals surface area contributed by atoms with Crippen molar-refractivity contribution in [3.63, 3.8) is 0 Å². The predicted molar refractivity (Wildman–Crippen MR) is 120 cm³/mol. The Morgan fingerprint density at radius 3 is 2.34 bits per heavy atom. The van der Waals surface area contributed by atoms with E-state index in [4.69, 9.17) is 11.6 Å². The van der Waals surface area contributed by atoms with E-state index in [0.717, 1.165) is 0 Å². The monoisotopic (exact) mass is 515 g/mol. The topological polar surface area (TPSA) is 32.7 Å². The lowest BCUT2D eigenvalue weighted by molar-refractivity contribution is -0.274. The van der Waals surface area contributed by atoms with Gasteiger partial charge in [0.25, 0.3) is 0 Å². The third-order valence-electron chi connectivity index (χ3n) is 6.01. The van der Waals surface area contributed by atoms with Crippen LogP contribution in [0.1, 0.15) is 16.7 Å². The highest BCUT2D eigenvalue weighted by Gasteiger charge is 2.47. The number of fused-ring (bicyclic) bond motifs is 1. The zero-order valence-corrected chi connectivity index (χ0v) is 18.8. The number of benzene rings is 3. The molecule has 3 aromatic carbocycles. The summed E-state index contributed by atoms with van der Waals surface area (Å²) in [5.74, 6) is -0.396. The van der Waals surface area contributed by atoms with Crippen LogP contribution in [0, 0.1) is 0 Å². The molecule has 1 N–H and O–H groups in total. The number of hydrogen-bond donors (Lipinski definition) is 1. The van der Waals surface area contributed by atoms with Gasteiger partial charge in [-0.2, -0.15) is 13.2 Å². The Morgan fingerprint density at radius 1 is 0.943 bits per heavy atom. The number of hydrogen-bond acceptors (Lipinski definition) is 3. The average Bonchev–Trinajstić information content (AvgIpc) is 3.06. The van der Waals surface area contributed by atoms with Crippen LogP contribution in [0.2, 0.25) is 5.02 Å². The molecule has 2 atom stereocenters. The summed E-state index contributed by atoms with van der Waals surface area (Å²) in [5.41, 5.74) is 1.39. The number of ether oxygens (including phenoxy) is 1. The number of anilines is 1. The van der Waals surface area contributed by atoms with Gasteiger partial charge in [0.15, 0.2) is 6.10 Å². The summed E-state index contributed by atoms with van der Waals surface area (Å²) in [6.07, 6.45) is -12.1. The first-order valence-corrected chi connectivity index (χ1v) is 11.0. The molecule has 0 spiro atoms. The predicted octanol–water partition coefficient (Wildman–Crippen LogP) is 6.51. The number of aliphatic hydroxyl groups is 1. The minimum atomic E-state index is -4.87. The van der Waals surface area contributed by atoms with Crippen molar-refractivity contribution in [1.82, 2.24) is 0 Å². The van der Waals surface area contributed by atoms with E-state index in [1.165, 1.54) is 23.1 Å². The van der Waals surface area contributed by atoms with Crippen molar-refractivity contribution in [2.75, 3.05) is 18.0 Å². The Bertz CT molecular complexity index is 1200. The number of para-hydroxylation sites is 1. The zero-order chi connectivity index (χ0) is 25.4. The van der Waals surface area contributed by atoms with E-state index in [9.17, 15) is 31.4 Å². The van der Waals surface area contributed by atoms with E-state index in [0.29, 0.717) is 27.4 Å². The molecule has 10 heteroatoms. The highest BCUT2D eigenvalue weighted by molar-refractivity contribution is 6.30. The number of aliphatic hydroxyl groups excluding tert-OH is 1. The molecular formula is C25H20ClF6NO2. The Balaban J connectivity index is 1.81. The van der Waals surface area contributed by atoms with E-state index in [-0.39, 0.29) is 13.0 Å². The van der Waals surface area contributed by atoms with E-state index in [1.807, 2.05) is 0 Å². The Kier molecular flexibility index (Phi) is 6.68. The fourth-order valence-electron chi connectivity index (χ4n) is 4.61. The smallest absolute Gasteiger partial charge is 0.406 e. The van der Waals surface area contributed by atoms with Gasteiger partial charge in [-0.15, -0.1) is 13.2 Å². The summed E-state index contributed by atoms with van der Waals surface area (Å²) >= 11 is 6.25. The molecule has 1 aliphatic heterocycles. The zero-order valence-electron chi connectivity index (χ0n) is 18.1. The van der Waals surface area contributed by atoms with E-state index in [1.54, 1.807) is 54.6 Å². The molecule has 0 aromatic heterocycles. The fraction of sp³-hybridized carbons (Fsp3) is 0.280. The Hall–Kier alpha value is -2.91. The second-order valence-electron chi connectivity index (χ2n) is 8.42. The molecule has 186 valence electrons. The van der Waals surface area contributed by atoms with Crippen molar-refractivity contribution < 1.29 is 36.2 Å². The number of halogens is 7. The molecule has 0 fully saturated rings. The van der Waals surface area contributed by atoms with Crippen molar-refractivity contribution in [2.24, 2.45) is 0 Å². The molecule has 2 unspecified atom stereocenters. The van der Waals surface area contributed by atoms with Gasteiger partial charge in [0.1, 0.15) is 5.75 Å². The van der Waals surface area contributed by atoms with Crippen LogP contribution in [0.4, 0.5) is 32.0 Å². The van der Waals surface area contributed by atoms with Crippen LogP contribution >= 0.6 is 11.6 Å². The highest BCUT2D eigenvalue weighted by Crippen LogP contribution is 2.48. The summed E-state index contributed by atoms with van der Waals surface area (Å²) in [6.45, 7) is -0.649. The van der Waals surface area contributed by atoms with Crippen molar-refractivity contribution in [2.45, 2.75) is 30.5 Å². The largest absolute Gasteiger partial charge is 0.573 e. The summed E-state index contributed by atoms with van der Waals surface area (Å²) < 4.78 is 81.9. The summed E-state index contributed by atoms with van der Waals surface area (Å²) in [5, 5.41) is 10.2. The van der Waals surface area contributed by atoms with Gasteiger partial charge in [0, 0.05) is 22.7 Å². The first-order chi connectivity index (χ1) is 16.4. The Morgan fingerprint density at radius 2 is 1.66 bits per heavy atom. The molecule has 0 aliphatic carbocycles. The summed E-state index contributed by atoms with van der Waals surface area (Å²) in [7, 11) is 0. The molecular weight excluding hydrogens is 496 g/mol. The molecule has 4 rings (SSSR count). The molecule has 1 aliphatic rings. The molecule has 0 bridgehead atoms. The fourth-order valence-corrected chi connectivity index (χ4v) is 4.80. The minimum absolute atomic E-state index is 0.0458. The van der Waals surface area contributed by atoms with Gasteiger partial charge in [-0.25, -0.2) is 0 Å². The molecule has 0 radical (unpaired) electrons. The van der Waals surface area contributed by atoms with Crippen LogP contribution in [0.15, 0.2) is 72.8 Å². The molecule has 1 heterocycles. The standard InChI is InChI=1S/C25H20ClF6NO2/c26-18-7-4-6-17(12-18)23(13-16-5-3-8-19(11-16)35-25(30,31)32)15-33(14-22(34)24(27,28)29)21-10-2-1-9-20(21)23/h1-12,22,34H,13-15H2. The number of rotatable bonds is 6. The molecule has 0 saturated carbocycles. The second-order valence-corrected chi connectivity index (χ2v) is 8.86. The van der Waals surface area contributed by atoms with E-state index in [2.05, 4.69) is 4.74 Å². The van der Waals surface area contributed by atoms with Crippen LogP contribution in [-0.4, -0.2) is 36.8 Å². The molecule has 3 nitrogen and oxygen atoms in total. The summed E-state index contributed by atoms with van der Waals surface area (Å²) in [6, 6.07) is 19.2. The van der Waals surface area contributed by atoms with Gasteiger partial charge in [0.05, 0.1) is 6.54 Å². The number of nitrogens with zero attached hydrogens (tertiary/aromatic N) is 1. The average molecular weight is 516 g/mol. The SMILES string of the molecule is OC(CN1CC(Cc2cccc(OC(F)(F)F)c2)(c2cccc(Cl)c2)c2ccccc21)C(F)(F)F. The van der Waals surface area contributed by atoms with Crippen LogP contribution < -0.4 is 9.64 Å². The first kappa shape index (κ1) is 25.2. The van der Waals surface area contributed by atoms with Crippen molar-refractivity contribution in [1.29, 1.82) is 0 Å². The summed E-state index contributed by atoms with van der Waals surface area (Å²) in [4.78, 5) is 1.45. The lowest BCUT2D eigenvalue weighted by atomic mass is 9.72. The van der Waals surface area contributed by atoms with Gasteiger partial charge in [-0.3, -0.25) is 0 Å². The third-order valence-corrected chi connectivity index (χ3v) is 6.24. The highest BCUT2D eigenvalue weighted by atomic mass is 35.5. The van der Waals surface area contributed by atoms with Crippen LogP contribution in [0.3, 0.4) is 0 Å². The van der Waals surface area contributed by atoms with Crippen molar-refractivity contribution >= 4 is 17.3 Å². The third kappa shape index (κ3) is 5.51. The first-order valence-electron chi connectivity index (χ1n) is 10.6. The maximum Gasteiger partial charge on any atom is 0.573 e. The van der Waals surface area contributed by atoms with Gasteiger partial charge in [-0.1, -0.05) is 54.1 Å². The van der Waals surface area contributed by atoms with Gasteiger partial charge >= 0.3 is 12.5 Å². The van der Waals surface area contributed by atoms with E-state index < -0.39 is 36.4 Å². The maximum absolute atomic E-state index is 13.2. The molecule has 0 amide bonds. The number of alkyl halides is 6.